The van der Waals surface area contributed by atoms with Gasteiger partial charge in [-0.15, -0.1) is 0 Å². The predicted molar refractivity (Wildman–Crippen MR) is 98.3 cm³/mol. The summed E-state index contributed by atoms with van der Waals surface area (Å²) in [5.74, 6) is -1.24. The van der Waals surface area contributed by atoms with Crippen molar-refractivity contribution in [1.29, 1.82) is 5.26 Å². The lowest BCUT2D eigenvalue weighted by Crippen LogP contribution is -2.20. The molecular weight excluding hydrogens is 365 g/mol. The van der Waals surface area contributed by atoms with Gasteiger partial charge in [-0.2, -0.15) is 10.2 Å². The first-order valence-electron chi connectivity index (χ1n) is 8.10. The summed E-state index contributed by atoms with van der Waals surface area (Å²) in [4.78, 5) is 29.1. The van der Waals surface area contributed by atoms with E-state index in [0.29, 0.717) is 11.2 Å². The Balaban J connectivity index is 2.27. The zero-order valence-electron chi connectivity index (χ0n) is 15.0. The number of aryl methyl sites for hydroxylation is 1. The van der Waals surface area contributed by atoms with E-state index in [4.69, 9.17) is 4.74 Å². The molecule has 0 aliphatic carbocycles. The average Bonchev–Trinajstić information content (AvgIpc) is 2.70. The molecule has 0 bridgehead atoms. The molecule has 2 aromatic heterocycles. The van der Waals surface area contributed by atoms with Gasteiger partial charge in [0, 0.05) is 6.20 Å². The van der Waals surface area contributed by atoms with E-state index in [9.17, 15) is 19.2 Å². The van der Waals surface area contributed by atoms with Crippen molar-refractivity contribution in [3.63, 3.8) is 0 Å². The van der Waals surface area contributed by atoms with E-state index in [1.54, 1.807) is 25.1 Å². The molecule has 28 heavy (non-hydrogen) atoms. The number of pyridine rings is 1. The molecule has 1 aromatic carbocycles. The lowest BCUT2D eigenvalue weighted by molar-refractivity contribution is -0.135. The average molecular weight is 379 g/mol. The van der Waals surface area contributed by atoms with Gasteiger partial charge in [-0.25, -0.2) is 9.18 Å². The molecular formula is C20H14FN3O4. The van der Waals surface area contributed by atoms with Crippen LogP contribution in [-0.4, -0.2) is 22.5 Å². The minimum atomic E-state index is -0.899. The highest BCUT2D eigenvalue weighted by molar-refractivity contribution is 5.98. The van der Waals surface area contributed by atoms with Gasteiger partial charge in [0.05, 0.1) is 7.11 Å². The van der Waals surface area contributed by atoms with Crippen LogP contribution in [0.1, 0.15) is 11.1 Å². The Morgan fingerprint density at radius 3 is 2.64 bits per heavy atom. The minimum absolute atomic E-state index is 0.116. The molecule has 140 valence electrons. The fourth-order valence-corrected chi connectivity index (χ4v) is 2.50. The maximum atomic E-state index is 13.2. The third kappa shape index (κ3) is 3.59. The molecule has 3 aromatic rings. The smallest absolute Gasteiger partial charge is 0.348 e. The van der Waals surface area contributed by atoms with E-state index in [2.05, 4.69) is 9.72 Å². The Kier molecular flexibility index (Phi) is 5.18. The number of methoxy groups -OCH3 is 1. The van der Waals surface area contributed by atoms with Crippen molar-refractivity contribution in [3.8, 4) is 17.7 Å². The number of nitrogens with zero attached hydrogens (tertiary/aromatic N) is 3. The number of fused-ring (bicyclic) bond motifs is 1. The molecule has 3 rings (SSSR count). The van der Waals surface area contributed by atoms with Crippen LogP contribution >= 0.6 is 0 Å². The van der Waals surface area contributed by atoms with Gasteiger partial charge >= 0.3 is 5.97 Å². The maximum Gasteiger partial charge on any atom is 0.348 e. The summed E-state index contributed by atoms with van der Waals surface area (Å²) >= 11 is 0. The van der Waals surface area contributed by atoms with Gasteiger partial charge < -0.3 is 9.47 Å². The molecule has 0 amide bonds. The van der Waals surface area contributed by atoms with E-state index in [-0.39, 0.29) is 17.2 Å². The Morgan fingerprint density at radius 2 is 2.00 bits per heavy atom. The standard InChI is InChI=1S/C20H14FN3O4/c1-12-4-3-9-24-17(12)23-18(28-15-7-5-14(21)6-8-15)16(19(24)25)10-13(11-22)20(26)27-2/h3-10H,1-2H3. The van der Waals surface area contributed by atoms with Gasteiger partial charge in [-0.1, -0.05) is 6.07 Å². The lowest BCUT2D eigenvalue weighted by atomic mass is 10.2. The van der Waals surface area contributed by atoms with E-state index in [1.807, 2.05) is 0 Å². The monoisotopic (exact) mass is 379 g/mol. The molecule has 0 atom stereocenters. The summed E-state index contributed by atoms with van der Waals surface area (Å²) in [5, 5.41) is 9.22. The first kappa shape index (κ1) is 18.8. The largest absolute Gasteiger partial charge is 0.465 e. The topological polar surface area (TPSA) is 93.7 Å². The molecule has 8 heteroatoms. The first-order chi connectivity index (χ1) is 13.4. The van der Waals surface area contributed by atoms with Crippen molar-refractivity contribution in [1.82, 2.24) is 9.38 Å². The number of carbonyl (C=O) groups is 1. The maximum absolute atomic E-state index is 13.2. The summed E-state index contributed by atoms with van der Waals surface area (Å²) in [7, 11) is 1.12. The van der Waals surface area contributed by atoms with Gasteiger partial charge in [-0.05, 0) is 48.9 Å². The number of carbonyl (C=O) groups excluding carboxylic acids is 1. The number of hydrogen-bond donors (Lipinski definition) is 0. The van der Waals surface area contributed by atoms with E-state index < -0.39 is 22.9 Å². The zero-order chi connectivity index (χ0) is 20.3. The third-order valence-electron chi connectivity index (χ3n) is 3.89. The van der Waals surface area contributed by atoms with Crippen molar-refractivity contribution in [2.45, 2.75) is 6.92 Å². The quantitative estimate of drug-likeness (QED) is 0.393. The molecule has 0 fully saturated rings. The molecule has 2 heterocycles. The van der Waals surface area contributed by atoms with Crippen LogP contribution in [0.25, 0.3) is 11.7 Å². The third-order valence-corrected chi connectivity index (χ3v) is 3.89. The second-order valence-corrected chi connectivity index (χ2v) is 5.74. The molecule has 0 saturated carbocycles. The summed E-state index contributed by atoms with van der Waals surface area (Å²) in [6, 6.07) is 10.3. The fourth-order valence-electron chi connectivity index (χ4n) is 2.50. The summed E-state index contributed by atoms with van der Waals surface area (Å²) in [6.45, 7) is 1.77. The SMILES string of the molecule is COC(=O)C(C#N)=Cc1c(Oc2ccc(F)cc2)nc2c(C)cccn2c1=O. The van der Waals surface area contributed by atoms with Crippen LogP contribution in [0, 0.1) is 24.1 Å². The highest BCUT2D eigenvalue weighted by atomic mass is 19.1. The normalized spacial score (nSPS) is 11.1. The van der Waals surface area contributed by atoms with Crippen molar-refractivity contribution in [3.05, 3.63) is 75.5 Å². The van der Waals surface area contributed by atoms with Crippen LogP contribution < -0.4 is 10.3 Å². The highest BCUT2D eigenvalue weighted by Crippen LogP contribution is 2.25. The zero-order valence-corrected chi connectivity index (χ0v) is 15.0. The Morgan fingerprint density at radius 1 is 1.29 bits per heavy atom. The van der Waals surface area contributed by atoms with Crippen LogP contribution in [0.2, 0.25) is 0 Å². The second kappa shape index (κ2) is 7.72. The van der Waals surface area contributed by atoms with Gasteiger partial charge in [-0.3, -0.25) is 9.20 Å². The van der Waals surface area contributed by atoms with Crippen molar-refractivity contribution in [2.75, 3.05) is 7.11 Å². The van der Waals surface area contributed by atoms with Crippen molar-refractivity contribution in [2.24, 2.45) is 0 Å². The number of aromatic nitrogens is 2. The number of nitriles is 1. The molecule has 0 unspecified atom stereocenters. The van der Waals surface area contributed by atoms with E-state index >= 15 is 0 Å². The molecule has 0 aliphatic heterocycles. The number of benzene rings is 1. The van der Waals surface area contributed by atoms with Crippen LogP contribution in [0.15, 0.2) is 53.0 Å². The van der Waals surface area contributed by atoms with Gasteiger partial charge in [0.1, 0.15) is 34.4 Å². The van der Waals surface area contributed by atoms with Gasteiger partial charge in [0.2, 0.25) is 5.88 Å². The molecule has 0 N–H and O–H groups in total. The van der Waals surface area contributed by atoms with E-state index in [0.717, 1.165) is 13.2 Å². The van der Waals surface area contributed by atoms with Gasteiger partial charge in [0.25, 0.3) is 5.56 Å². The number of halogens is 1. The molecule has 7 nitrogen and oxygen atoms in total. The van der Waals surface area contributed by atoms with Crippen molar-refractivity contribution >= 4 is 17.7 Å². The molecule has 0 saturated heterocycles. The van der Waals surface area contributed by atoms with E-state index in [1.165, 1.54) is 34.9 Å². The predicted octanol–water partition coefficient (Wildman–Crippen LogP) is 3.01. The van der Waals surface area contributed by atoms with Crippen LogP contribution in [0.4, 0.5) is 4.39 Å². The number of esters is 1. The Labute approximate surface area is 158 Å². The Bertz CT molecular complexity index is 1190. The molecule has 0 spiro atoms. The first-order valence-corrected chi connectivity index (χ1v) is 8.10. The molecule has 0 aliphatic rings. The summed E-state index contributed by atoms with van der Waals surface area (Å²) in [5.41, 5.74) is 0.0145. The number of rotatable bonds is 4. The lowest BCUT2D eigenvalue weighted by Gasteiger charge is -2.11. The van der Waals surface area contributed by atoms with Gasteiger partial charge in [0.15, 0.2) is 0 Å². The Hall–Kier alpha value is -3.99. The summed E-state index contributed by atoms with van der Waals surface area (Å²) in [6.07, 6.45) is 2.58. The number of ether oxygens (including phenoxy) is 2. The fraction of sp³-hybridized carbons (Fsp3) is 0.100. The van der Waals surface area contributed by atoms with Crippen LogP contribution in [-0.2, 0) is 9.53 Å². The van der Waals surface area contributed by atoms with Crippen LogP contribution in [0.3, 0.4) is 0 Å². The summed E-state index contributed by atoms with van der Waals surface area (Å²) < 4.78 is 24.7. The molecule has 0 radical (unpaired) electrons. The highest BCUT2D eigenvalue weighted by Gasteiger charge is 2.18. The van der Waals surface area contributed by atoms with Crippen molar-refractivity contribution < 1.29 is 18.7 Å². The number of hydrogen-bond acceptors (Lipinski definition) is 6. The minimum Gasteiger partial charge on any atom is -0.465 e. The van der Waals surface area contributed by atoms with Crippen LogP contribution in [0.5, 0.6) is 11.6 Å². The second-order valence-electron chi connectivity index (χ2n) is 5.74.